The number of carbonyl (C=O) groups excluding carboxylic acids is 6. The number of nitrogens with zero attached hydrogens (tertiary/aromatic N) is 1. The van der Waals surface area contributed by atoms with Crippen molar-refractivity contribution in [1.82, 2.24) is 5.06 Å². The number of alkyl halides is 1. The summed E-state index contributed by atoms with van der Waals surface area (Å²) in [6.07, 6.45) is 30.4. The van der Waals surface area contributed by atoms with Crippen LogP contribution in [-0.4, -0.2) is 77.2 Å². The third-order valence-electron chi connectivity index (χ3n) is 10.5. The number of amides is 2. The number of esters is 3. The fourth-order valence-electron chi connectivity index (χ4n) is 6.88. The fourth-order valence-corrected chi connectivity index (χ4v) is 6.94. The zero-order chi connectivity index (χ0) is 43.2. The molecule has 0 spiro atoms. The SMILES string of the molecule is CCCCCC(OC(=O)CCl)C(O)C/C=C\CCCCCCCC(=O)OCCCCCCCCCCOC(=O)CCCCCCCCCCC(=O)ON1C(=O)CCC1=O. The van der Waals surface area contributed by atoms with Gasteiger partial charge in [0, 0.05) is 32.1 Å². The monoisotopic (exact) mass is 856 g/mol. The number of carbonyl (C=O) groups is 6. The van der Waals surface area contributed by atoms with Gasteiger partial charge in [0.1, 0.15) is 12.0 Å². The molecule has 1 rings (SSSR count). The minimum absolute atomic E-state index is 0.101. The van der Waals surface area contributed by atoms with E-state index in [1.807, 2.05) is 6.08 Å². The van der Waals surface area contributed by atoms with Crippen LogP contribution in [0.1, 0.15) is 212 Å². The molecular weight excluding hydrogens is 778 g/mol. The highest BCUT2D eigenvalue weighted by atomic mass is 35.5. The van der Waals surface area contributed by atoms with E-state index < -0.39 is 36.0 Å². The van der Waals surface area contributed by atoms with Gasteiger partial charge in [-0.15, -0.1) is 16.7 Å². The smallest absolute Gasteiger partial charge is 0.333 e. The Kier molecular flexibility index (Phi) is 34.8. The van der Waals surface area contributed by atoms with E-state index in [-0.39, 0.29) is 37.1 Å². The lowest BCUT2D eigenvalue weighted by molar-refractivity contribution is -0.197. The van der Waals surface area contributed by atoms with Gasteiger partial charge in [-0.2, -0.15) is 0 Å². The first-order valence-electron chi connectivity index (χ1n) is 23.1. The molecule has 0 aromatic heterocycles. The normalized spacial score (nSPS) is 13.8. The molecule has 1 fully saturated rings. The largest absolute Gasteiger partial charge is 0.466 e. The van der Waals surface area contributed by atoms with Crippen LogP contribution in [0.4, 0.5) is 0 Å². The van der Waals surface area contributed by atoms with Crippen LogP contribution >= 0.6 is 11.6 Å². The molecule has 0 bridgehead atoms. The van der Waals surface area contributed by atoms with Gasteiger partial charge >= 0.3 is 23.9 Å². The summed E-state index contributed by atoms with van der Waals surface area (Å²) in [5.41, 5.74) is 0. The highest BCUT2D eigenvalue weighted by Gasteiger charge is 2.32. The van der Waals surface area contributed by atoms with Crippen LogP contribution in [0, 0.1) is 0 Å². The molecule has 1 N–H and O–H groups in total. The van der Waals surface area contributed by atoms with Crippen molar-refractivity contribution < 1.29 is 52.9 Å². The summed E-state index contributed by atoms with van der Waals surface area (Å²) in [6.45, 7) is 3.10. The Morgan fingerprint density at radius 2 is 1.03 bits per heavy atom. The maximum absolute atomic E-state index is 12.1. The number of ether oxygens (including phenoxy) is 3. The summed E-state index contributed by atoms with van der Waals surface area (Å²) in [5, 5.41) is 11.1. The number of halogens is 1. The van der Waals surface area contributed by atoms with Gasteiger partial charge in [0.25, 0.3) is 11.8 Å². The van der Waals surface area contributed by atoms with Crippen molar-refractivity contribution in [3.05, 3.63) is 12.2 Å². The van der Waals surface area contributed by atoms with E-state index in [0.29, 0.717) is 50.4 Å². The Labute approximate surface area is 360 Å². The van der Waals surface area contributed by atoms with Gasteiger partial charge in [0.05, 0.1) is 19.3 Å². The number of unbranched alkanes of at least 4 members (excludes halogenated alkanes) is 21. The second kappa shape index (κ2) is 38.0. The lowest BCUT2D eigenvalue weighted by atomic mass is 10.0. The minimum Gasteiger partial charge on any atom is -0.466 e. The first kappa shape index (κ1) is 54.0. The van der Waals surface area contributed by atoms with Gasteiger partial charge in [0.2, 0.25) is 0 Å². The van der Waals surface area contributed by atoms with E-state index in [2.05, 4.69) is 13.0 Å². The van der Waals surface area contributed by atoms with Gasteiger partial charge in [0.15, 0.2) is 0 Å². The Bertz CT molecular complexity index is 1160. The summed E-state index contributed by atoms with van der Waals surface area (Å²) >= 11 is 5.57. The minimum atomic E-state index is -0.722. The average Bonchev–Trinajstić information content (AvgIpc) is 3.54. The van der Waals surface area contributed by atoms with Crippen molar-refractivity contribution in [2.24, 2.45) is 0 Å². The van der Waals surface area contributed by atoms with Crippen LogP contribution in [0.5, 0.6) is 0 Å². The van der Waals surface area contributed by atoms with Crippen molar-refractivity contribution in [2.75, 3.05) is 19.1 Å². The van der Waals surface area contributed by atoms with Crippen LogP contribution in [0.2, 0.25) is 0 Å². The van der Waals surface area contributed by atoms with Crippen molar-refractivity contribution in [3.8, 4) is 0 Å². The number of imide groups is 1. The van der Waals surface area contributed by atoms with Crippen LogP contribution in [0.25, 0.3) is 0 Å². The van der Waals surface area contributed by atoms with Gasteiger partial charge in [-0.25, -0.2) is 4.79 Å². The van der Waals surface area contributed by atoms with E-state index in [1.54, 1.807) is 0 Å². The van der Waals surface area contributed by atoms with Gasteiger partial charge < -0.3 is 24.2 Å². The second-order valence-corrected chi connectivity index (χ2v) is 16.1. The Morgan fingerprint density at radius 3 is 1.51 bits per heavy atom. The summed E-state index contributed by atoms with van der Waals surface area (Å²) < 4.78 is 16.1. The predicted octanol–water partition coefficient (Wildman–Crippen LogP) is 10.5. The number of hydroxylamine groups is 2. The molecule has 1 aliphatic rings. The predicted molar refractivity (Wildman–Crippen MR) is 229 cm³/mol. The van der Waals surface area contributed by atoms with Gasteiger partial charge in [-0.05, 0) is 64.2 Å². The fraction of sp³-hybridized carbons (Fsp3) is 0.826. The maximum atomic E-state index is 12.1. The van der Waals surface area contributed by atoms with E-state index in [4.69, 9.17) is 30.6 Å². The Balaban J connectivity index is 1.82. The average molecular weight is 857 g/mol. The van der Waals surface area contributed by atoms with Crippen molar-refractivity contribution in [3.63, 3.8) is 0 Å². The lowest BCUT2D eigenvalue weighted by Gasteiger charge is -2.22. The molecule has 59 heavy (non-hydrogen) atoms. The molecule has 0 aromatic rings. The molecule has 0 saturated carbocycles. The van der Waals surface area contributed by atoms with Gasteiger partial charge in [-0.1, -0.05) is 128 Å². The standard InChI is InChI=1S/C46H78ClNO11/c1-2-3-22-30-40(58-46(55)38-47)39(49)29-23-16-10-4-5-11-17-24-31-43(52)56-36-27-20-14-8-9-15-21-28-37-57-44(53)32-25-18-12-6-7-13-19-26-33-45(54)59-48-41(50)34-35-42(48)51/h16,23,39-40,49H,2-15,17-22,24-38H2,1H3/b23-16-. The molecule has 1 heterocycles. The lowest BCUT2D eigenvalue weighted by Crippen LogP contribution is -2.31. The maximum Gasteiger partial charge on any atom is 0.333 e. The number of aliphatic hydroxyl groups excluding tert-OH is 1. The molecule has 0 aromatic carbocycles. The summed E-state index contributed by atoms with van der Waals surface area (Å²) in [7, 11) is 0. The number of hydrogen-bond acceptors (Lipinski definition) is 11. The molecule has 1 saturated heterocycles. The third kappa shape index (κ3) is 31.5. The van der Waals surface area contributed by atoms with Crippen LogP contribution in [0.3, 0.4) is 0 Å². The molecular formula is C46H78ClNO11. The summed E-state index contributed by atoms with van der Waals surface area (Å²) in [5.74, 6) is -2.36. The number of rotatable bonds is 40. The molecule has 2 atom stereocenters. The molecule has 0 aliphatic carbocycles. The van der Waals surface area contributed by atoms with E-state index in [0.717, 1.165) is 154 Å². The van der Waals surface area contributed by atoms with Crippen molar-refractivity contribution >= 4 is 47.3 Å². The molecule has 13 heteroatoms. The molecule has 2 unspecified atom stereocenters. The quantitative estimate of drug-likeness (QED) is 0.0156. The number of allylic oxidation sites excluding steroid dienone is 1. The highest BCUT2D eigenvalue weighted by molar-refractivity contribution is 6.26. The zero-order valence-electron chi connectivity index (χ0n) is 36.4. The van der Waals surface area contributed by atoms with Crippen LogP contribution in [0.15, 0.2) is 12.2 Å². The van der Waals surface area contributed by atoms with Crippen molar-refractivity contribution in [2.45, 2.75) is 225 Å². The Morgan fingerprint density at radius 1 is 0.593 bits per heavy atom. The molecule has 0 radical (unpaired) electrons. The van der Waals surface area contributed by atoms with E-state index in [1.165, 1.54) is 0 Å². The number of hydrogen-bond donors (Lipinski definition) is 1. The third-order valence-corrected chi connectivity index (χ3v) is 10.7. The zero-order valence-corrected chi connectivity index (χ0v) is 37.2. The highest BCUT2D eigenvalue weighted by Crippen LogP contribution is 2.17. The second-order valence-electron chi connectivity index (χ2n) is 15.9. The van der Waals surface area contributed by atoms with E-state index >= 15 is 0 Å². The first-order chi connectivity index (χ1) is 28.7. The molecule has 12 nitrogen and oxygen atoms in total. The molecule has 340 valence electrons. The summed E-state index contributed by atoms with van der Waals surface area (Å²) in [6, 6.07) is 0. The Hall–Kier alpha value is -2.99. The van der Waals surface area contributed by atoms with Crippen LogP contribution in [-0.2, 0) is 47.8 Å². The molecule has 2 amide bonds. The summed E-state index contributed by atoms with van der Waals surface area (Å²) in [4.78, 5) is 75.3. The number of aliphatic hydroxyl groups is 1. The van der Waals surface area contributed by atoms with E-state index in [9.17, 15) is 33.9 Å². The van der Waals surface area contributed by atoms with Crippen LogP contribution < -0.4 is 0 Å². The topological polar surface area (TPSA) is 163 Å². The van der Waals surface area contributed by atoms with Crippen molar-refractivity contribution in [1.29, 1.82) is 0 Å². The van der Waals surface area contributed by atoms with Gasteiger partial charge in [-0.3, -0.25) is 24.0 Å². The first-order valence-corrected chi connectivity index (χ1v) is 23.7. The molecule has 1 aliphatic heterocycles.